The quantitative estimate of drug-likeness (QED) is 0.546. The van der Waals surface area contributed by atoms with Crippen molar-refractivity contribution in [1.29, 1.82) is 0 Å². The minimum Gasteiger partial charge on any atom is -0.362 e. The third-order valence-corrected chi connectivity index (χ3v) is 3.38. The summed E-state index contributed by atoms with van der Waals surface area (Å²) in [4.78, 5) is 22.5. The van der Waals surface area contributed by atoms with Crippen LogP contribution in [0.4, 0.5) is 11.6 Å². The van der Waals surface area contributed by atoms with Crippen molar-refractivity contribution in [1.82, 2.24) is 19.4 Å². The predicted molar refractivity (Wildman–Crippen MR) is 70.5 cm³/mol. The van der Waals surface area contributed by atoms with Crippen molar-refractivity contribution in [3.63, 3.8) is 0 Å². The standard InChI is InChI=1S/C10H10N6O2S/c17-16(18)9-8(14-10-15(9)5-6-19-10)13-2-1-7-11-3-4-12-7/h3-6,13H,1-2H2,(H,11,12). The van der Waals surface area contributed by atoms with Crippen LogP contribution >= 0.6 is 11.3 Å². The van der Waals surface area contributed by atoms with Gasteiger partial charge >= 0.3 is 5.82 Å². The Kier molecular flexibility index (Phi) is 2.88. The molecule has 0 spiro atoms. The molecule has 0 aromatic carbocycles. The van der Waals surface area contributed by atoms with Crippen LogP contribution in [0.25, 0.3) is 4.96 Å². The van der Waals surface area contributed by atoms with Gasteiger partial charge in [-0.1, -0.05) is 11.3 Å². The molecule has 8 nitrogen and oxygen atoms in total. The van der Waals surface area contributed by atoms with Gasteiger partial charge in [0.15, 0.2) is 0 Å². The first-order chi connectivity index (χ1) is 9.25. The zero-order chi connectivity index (χ0) is 13.2. The van der Waals surface area contributed by atoms with E-state index in [0.717, 1.165) is 5.82 Å². The summed E-state index contributed by atoms with van der Waals surface area (Å²) in [7, 11) is 0. The fourth-order valence-corrected chi connectivity index (χ4v) is 2.51. The number of thiazole rings is 1. The van der Waals surface area contributed by atoms with Crippen molar-refractivity contribution >= 4 is 27.9 Å². The van der Waals surface area contributed by atoms with Crippen molar-refractivity contribution < 1.29 is 4.92 Å². The zero-order valence-electron chi connectivity index (χ0n) is 9.74. The van der Waals surface area contributed by atoms with Crippen LogP contribution in [0.2, 0.25) is 0 Å². The second-order valence-corrected chi connectivity index (χ2v) is 4.68. The van der Waals surface area contributed by atoms with Gasteiger partial charge in [-0.15, -0.1) is 0 Å². The number of hydrogen-bond acceptors (Lipinski definition) is 6. The van der Waals surface area contributed by atoms with Crippen LogP contribution in [0.5, 0.6) is 0 Å². The molecule has 3 aromatic heterocycles. The highest BCUT2D eigenvalue weighted by Gasteiger charge is 2.23. The Morgan fingerprint density at radius 2 is 2.47 bits per heavy atom. The van der Waals surface area contributed by atoms with Gasteiger partial charge in [0.1, 0.15) is 12.0 Å². The Labute approximate surface area is 111 Å². The second-order valence-electron chi connectivity index (χ2n) is 3.81. The maximum atomic E-state index is 11.1. The predicted octanol–water partition coefficient (Wildman–Crippen LogP) is 1.68. The smallest absolute Gasteiger partial charge is 0.362 e. The molecular weight excluding hydrogens is 268 g/mol. The molecule has 3 rings (SSSR count). The Hall–Kier alpha value is -2.42. The molecule has 0 aliphatic carbocycles. The highest BCUT2D eigenvalue weighted by Crippen LogP contribution is 2.27. The van der Waals surface area contributed by atoms with Crippen LogP contribution < -0.4 is 5.32 Å². The normalized spacial score (nSPS) is 10.9. The molecule has 0 fully saturated rings. The minimum absolute atomic E-state index is 0.0318. The number of H-pyrrole nitrogens is 1. The van der Waals surface area contributed by atoms with Crippen molar-refractivity contribution in [3.05, 3.63) is 39.9 Å². The molecule has 3 heterocycles. The zero-order valence-corrected chi connectivity index (χ0v) is 10.6. The van der Waals surface area contributed by atoms with Crippen LogP contribution in [0.15, 0.2) is 24.0 Å². The average Bonchev–Trinajstić information content (AvgIpc) is 3.02. The summed E-state index contributed by atoms with van der Waals surface area (Å²) in [5.41, 5.74) is 0. The molecule has 0 amide bonds. The minimum atomic E-state index is -0.429. The van der Waals surface area contributed by atoms with E-state index >= 15 is 0 Å². The number of fused-ring (bicyclic) bond motifs is 1. The maximum Gasteiger partial charge on any atom is 0.372 e. The van der Waals surface area contributed by atoms with Gasteiger partial charge in [0, 0.05) is 30.7 Å². The number of imidazole rings is 2. The summed E-state index contributed by atoms with van der Waals surface area (Å²) in [6.07, 6.45) is 5.70. The molecule has 0 bridgehead atoms. The van der Waals surface area contributed by atoms with Gasteiger partial charge in [-0.3, -0.25) is 0 Å². The second kappa shape index (κ2) is 4.69. The fraction of sp³-hybridized carbons (Fsp3) is 0.200. The Bertz CT molecular complexity index is 701. The number of rotatable bonds is 5. The molecule has 0 saturated heterocycles. The topological polar surface area (TPSA) is 101 Å². The molecule has 0 saturated carbocycles. The van der Waals surface area contributed by atoms with E-state index in [4.69, 9.17) is 0 Å². The summed E-state index contributed by atoms with van der Waals surface area (Å²) >= 11 is 1.36. The van der Waals surface area contributed by atoms with E-state index in [2.05, 4.69) is 20.3 Å². The molecule has 98 valence electrons. The Morgan fingerprint density at radius 1 is 1.58 bits per heavy atom. The van der Waals surface area contributed by atoms with Crippen molar-refractivity contribution in [2.75, 3.05) is 11.9 Å². The molecular formula is C10H10N6O2S. The lowest BCUT2D eigenvalue weighted by Gasteiger charge is -2.01. The highest BCUT2D eigenvalue weighted by atomic mass is 32.1. The molecule has 0 unspecified atom stereocenters. The SMILES string of the molecule is O=[N+]([O-])c1c(NCCc2ncc[nH]2)nc2sccn12. The van der Waals surface area contributed by atoms with Crippen LogP contribution in [0.1, 0.15) is 5.82 Å². The summed E-state index contributed by atoms with van der Waals surface area (Å²) < 4.78 is 1.47. The third-order valence-electron chi connectivity index (χ3n) is 2.62. The average molecular weight is 278 g/mol. The van der Waals surface area contributed by atoms with Crippen LogP contribution in [0, 0.1) is 10.1 Å². The van der Waals surface area contributed by atoms with E-state index in [1.807, 2.05) is 0 Å². The van der Waals surface area contributed by atoms with E-state index in [1.165, 1.54) is 15.7 Å². The van der Waals surface area contributed by atoms with Crippen molar-refractivity contribution in [3.8, 4) is 0 Å². The van der Waals surface area contributed by atoms with Gasteiger partial charge in [0.25, 0.3) is 4.96 Å². The lowest BCUT2D eigenvalue weighted by atomic mass is 10.4. The molecule has 0 radical (unpaired) electrons. The molecule has 19 heavy (non-hydrogen) atoms. The van der Waals surface area contributed by atoms with Crippen LogP contribution in [0.3, 0.4) is 0 Å². The number of nitro groups is 1. The number of aromatic amines is 1. The first kappa shape index (κ1) is 11.7. The molecule has 0 atom stereocenters. The third kappa shape index (κ3) is 2.15. The number of nitrogens with one attached hydrogen (secondary N) is 2. The van der Waals surface area contributed by atoms with E-state index in [1.54, 1.807) is 24.0 Å². The number of anilines is 1. The van der Waals surface area contributed by atoms with Gasteiger partial charge in [0.2, 0.25) is 5.82 Å². The van der Waals surface area contributed by atoms with E-state index in [9.17, 15) is 10.1 Å². The van der Waals surface area contributed by atoms with E-state index < -0.39 is 4.92 Å². The monoisotopic (exact) mass is 278 g/mol. The molecule has 9 heteroatoms. The van der Waals surface area contributed by atoms with E-state index in [0.29, 0.717) is 23.7 Å². The Balaban J connectivity index is 1.78. The summed E-state index contributed by atoms with van der Waals surface area (Å²) in [5.74, 6) is 1.09. The van der Waals surface area contributed by atoms with Crippen molar-refractivity contribution in [2.45, 2.75) is 6.42 Å². The van der Waals surface area contributed by atoms with Gasteiger partial charge in [-0.25, -0.2) is 4.98 Å². The number of hydrogen-bond donors (Lipinski definition) is 2. The first-order valence-corrected chi connectivity index (χ1v) is 6.46. The maximum absolute atomic E-state index is 11.1. The first-order valence-electron chi connectivity index (χ1n) is 5.58. The largest absolute Gasteiger partial charge is 0.372 e. The number of aromatic nitrogens is 4. The van der Waals surface area contributed by atoms with Crippen LogP contribution in [-0.2, 0) is 6.42 Å². The molecule has 2 N–H and O–H groups in total. The summed E-state index contributed by atoms with van der Waals surface area (Å²) in [6.45, 7) is 0.527. The summed E-state index contributed by atoms with van der Waals surface area (Å²) in [5, 5.41) is 15.8. The van der Waals surface area contributed by atoms with Gasteiger partial charge in [0.05, 0.1) is 0 Å². The van der Waals surface area contributed by atoms with Crippen molar-refractivity contribution in [2.24, 2.45) is 0 Å². The molecule has 0 aliphatic rings. The highest BCUT2D eigenvalue weighted by molar-refractivity contribution is 7.15. The molecule has 0 aliphatic heterocycles. The van der Waals surface area contributed by atoms with Gasteiger partial charge < -0.3 is 20.4 Å². The summed E-state index contributed by atoms with van der Waals surface area (Å²) in [6, 6.07) is 0. The fourth-order valence-electron chi connectivity index (χ4n) is 1.80. The lowest BCUT2D eigenvalue weighted by molar-refractivity contribution is -0.389. The Morgan fingerprint density at radius 3 is 3.21 bits per heavy atom. The van der Waals surface area contributed by atoms with Gasteiger partial charge in [-0.2, -0.15) is 9.38 Å². The van der Waals surface area contributed by atoms with Gasteiger partial charge in [-0.05, 0) is 4.92 Å². The molecule has 3 aromatic rings. The van der Waals surface area contributed by atoms with Crippen LogP contribution in [-0.4, -0.2) is 30.8 Å². The number of nitrogens with zero attached hydrogens (tertiary/aromatic N) is 4. The lowest BCUT2D eigenvalue weighted by Crippen LogP contribution is -2.08. The van der Waals surface area contributed by atoms with E-state index in [-0.39, 0.29) is 5.82 Å².